The van der Waals surface area contributed by atoms with E-state index in [4.69, 9.17) is 16.3 Å². The van der Waals surface area contributed by atoms with Gasteiger partial charge in [0.05, 0.1) is 11.5 Å². The number of benzene rings is 2. The molecule has 0 unspecified atom stereocenters. The summed E-state index contributed by atoms with van der Waals surface area (Å²) >= 11 is 5.88. The fraction of sp³-hybridized carbons (Fsp3) is 0.222. The van der Waals surface area contributed by atoms with Gasteiger partial charge in [-0.1, -0.05) is 17.7 Å². The van der Waals surface area contributed by atoms with Crippen molar-refractivity contribution >= 4 is 29.2 Å². The summed E-state index contributed by atoms with van der Waals surface area (Å²) in [5, 5.41) is 13.9. The van der Waals surface area contributed by atoms with Crippen LogP contribution in [0.5, 0.6) is 5.75 Å². The highest BCUT2D eigenvalue weighted by Gasteiger charge is 2.48. The lowest BCUT2D eigenvalue weighted by Gasteiger charge is -2.22. The summed E-state index contributed by atoms with van der Waals surface area (Å²) in [6.45, 7) is 1.72. The zero-order valence-electron chi connectivity index (χ0n) is 14.3. The number of urea groups is 1. The van der Waals surface area contributed by atoms with E-state index in [1.165, 1.54) is 24.3 Å². The molecule has 3 amide bonds. The first kappa shape index (κ1) is 18.7. The van der Waals surface area contributed by atoms with Crippen LogP contribution in [0.15, 0.2) is 48.5 Å². The maximum Gasteiger partial charge on any atom is 0.325 e. The highest BCUT2D eigenvalue weighted by molar-refractivity contribution is 6.30. The molecule has 1 saturated heterocycles. The second-order valence-corrected chi connectivity index (χ2v) is 6.56. The van der Waals surface area contributed by atoms with Crippen LogP contribution in [0.2, 0.25) is 5.02 Å². The summed E-state index contributed by atoms with van der Waals surface area (Å²) in [6.07, 6.45) is 0. The summed E-state index contributed by atoms with van der Waals surface area (Å²) in [5.74, 6) is 0.0868. The molecule has 1 atom stereocenters. The van der Waals surface area contributed by atoms with Crippen molar-refractivity contribution in [2.45, 2.75) is 12.5 Å². The lowest BCUT2D eigenvalue weighted by molar-refractivity contribution is -0.384. The van der Waals surface area contributed by atoms with Crippen molar-refractivity contribution < 1.29 is 19.2 Å². The molecule has 0 aliphatic carbocycles. The van der Waals surface area contributed by atoms with Crippen LogP contribution in [0.1, 0.15) is 12.5 Å². The molecule has 0 saturated carbocycles. The van der Waals surface area contributed by atoms with Crippen LogP contribution in [0, 0.1) is 10.1 Å². The lowest BCUT2D eigenvalue weighted by atomic mass is 9.92. The maximum absolute atomic E-state index is 12.8. The number of nitrogens with zero attached hydrogens (tertiary/aromatic N) is 2. The lowest BCUT2D eigenvalue weighted by Crippen LogP contribution is -2.41. The second-order valence-electron chi connectivity index (χ2n) is 6.12. The predicted octanol–water partition coefficient (Wildman–Crippen LogP) is 3.09. The van der Waals surface area contributed by atoms with Crippen molar-refractivity contribution in [3.05, 3.63) is 69.2 Å². The standard InChI is InChI=1S/C18H16ClN3O5/c1-18(12-5-7-14(8-6-12)22(25)26)16(23)21(17(24)20-18)9-10-27-15-4-2-3-13(19)11-15/h2-8,11H,9-10H2,1H3,(H,20,24)/t18-/m0/s1. The average Bonchev–Trinajstić information content (AvgIpc) is 2.86. The number of hydrogen-bond acceptors (Lipinski definition) is 5. The number of halogens is 1. The first-order valence-electron chi connectivity index (χ1n) is 8.08. The summed E-state index contributed by atoms with van der Waals surface area (Å²) in [7, 11) is 0. The first-order valence-corrected chi connectivity index (χ1v) is 8.46. The van der Waals surface area contributed by atoms with Crippen LogP contribution in [0.25, 0.3) is 0 Å². The number of imide groups is 1. The quantitative estimate of drug-likeness (QED) is 0.464. The fourth-order valence-corrected chi connectivity index (χ4v) is 3.00. The van der Waals surface area contributed by atoms with Gasteiger partial charge in [0.25, 0.3) is 11.6 Å². The Morgan fingerprint density at radius 1 is 1.22 bits per heavy atom. The van der Waals surface area contributed by atoms with Crippen LogP contribution >= 0.6 is 11.6 Å². The molecule has 1 fully saturated rings. The van der Waals surface area contributed by atoms with Crippen LogP contribution in [-0.4, -0.2) is 34.9 Å². The Morgan fingerprint density at radius 2 is 1.93 bits per heavy atom. The largest absolute Gasteiger partial charge is 0.492 e. The third-order valence-corrected chi connectivity index (χ3v) is 4.55. The van der Waals surface area contributed by atoms with Crippen LogP contribution < -0.4 is 10.1 Å². The van der Waals surface area contributed by atoms with Gasteiger partial charge in [-0.15, -0.1) is 0 Å². The molecule has 1 aliphatic heterocycles. The zero-order chi connectivity index (χ0) is 19.6. The Labute approximate surface area is 159 Å². The van der Waals surface area contributed by atoms with Crippen molar-refractivity contribution in [1.82, 2.24) is 10.2 Å². The minimum atomic E-state index is -1.29. The van der Waals surface area contributed by atoms with Gasteiger partial charge in [-0.05, 0) is 42.8 Å². The highest BCUT2D eigenvalue weighted by Crippen LogP contribution is 2.30. The number of hydrogen-bond donors (Lipinski definition) is 1. The number of nitrogens with one attached hydrogen (secondary N) is 1. The molecule has 0 spiro atoms. The van der Waals surface area contributed by atoms with Crippen molar-refractivity contribution in [1.29, 1.82) is 0 Å². The molecule has 140 valence electrons. The Kier molecular flexibility index (Phi) is 5.00. The van der Waals surface area contributed by atoms with Crippen molar-refractivity contribution in [3.8, 4) is 5.75 Å². The number of rotatable bonds is 6. The van der Waals surface area contributed by atoms with Gasteiger partial charge in [0, 0.05) is 17.2 Å². The zero-order valence-corrected chi connectivity index (χ0v) is 15.1. The van der Waals surface area contributed by atoms with Gasteiger partial charge in [0.1, 0.15) is 17.9 Å². The van der Waals surface area contributed by atoms with Crippen molar-refractivity contribution in [2.75, 3.05) is 13.2 Å². The third-order valence-electron chi connectivity index (χ3n) is 4.31. The molecule has 1 aliphatic rings. The topological polar surface area (TPSA) is 102 Å². The Balaban J connectivity index is 1.69. The van der Waals surface area contributed by atoms with Gasteiger partial charge in [-0.3, -0.25) is 19.8 Å². The molecule has 8 nitrogen and oxygen atoms in total. The van der Waals surface area contributed by atoms with E-state index in [0.717, 1.165) is 4.90 Å². The van der Waals surface area contributed by atoms with Gasteiger partial charge >= 0.3 is 6.03 Å². The van der Waals surface area contributed by atoms with Gasteiger partial charge in [-0.2, -0.15) is 0 Å². The third kappa shape index (κ3) is 3.70. The number of carbonyl (C=O) groups excluding carboxylic acids is 2. The minimum Gasteiger partial charge on any atom is -0.492 e. The highest BCUT2D eigenvalue weighted by atomic mass is 35.5. The molecule has 27 heavy (non-hydrogen) atoms. The van der Waals surface area contributed by atoms with E-state index in [1.54, 1.807) is 31.2 Å². The molecular formula is C18H16ClN3O5. The number of carbonyl (C=O) groups is 2. The molecule has 0 aromatic heterocycles. The van der Waals surface area contributed by atoms with Gasteiger partial charge in [-0.25, -0.2) is 4.79 Å². The fourth-order valence-electron chi connectivity index (χ4n) is 2.82. The number of amides is 3. The van der Waals surface area contributed by atoms with Crippen molar-refractivity contribution in [2.24, 2.45) is 0 Å². The number of non-ortho nitro benzene ring substituents is 1. The van der Waals surface area contributed by atoms with Gasteiger partial charge in [0.15, 0.2) is 0 Å². The predicted molar refractivity (Wildman–Crippen MR) is 97.6 cm³/mol. The Bertz CT molecular complexity index is 902. The summed E-state index contributed by atoms with van der Waals surface area (Å²) in [6, 6.07) is 11.8. The van der Waals surface area contributed by atoms with E-state index >= 15 is 0 Å². The summed E-state index contributed by atoms with van der Waals surface area (Å²) in [5.41, 5.74) is -0.918. The Morgan fingerprint density at radius 3 is 2.56 bits per heavy atom. The molecule has 1 N–H and O–H groups in total. The number of nitro groups is 1. The van der Waals surface area contributed by atoms with Crippen LogP contribution in [0.4, 0.5) is 10.5 Å². The molecule has 1 heterocycles. The Hall–Kier alpha value is -3.13. The van der Waals surface area contributed by atoms with E-state index < -0.39 is 22.4 Å². The van der Waals surface area contributed by atoms with Crippen molar-refractivity contribution in [3.63, 3.8) is 0 Å². The average molecular weight is 390 g/mol. The molecule has 2 aromatic rings. The van der Waals surface area contributed by atoms with Crippen LogP contribution in [0.3, 0.4) is 0 Å². The monoisotopic (exact) mass is 389 g/mol. The van der Waals surface area contributed by atoms with E-state index in [1.807, 2.05) is 0 Å². The number of ether oxygens (including phenoxy) is 1. The maximum atomic E-state index is 12.8. The second kappa shape index (κ2) is 7.24. The normalized spacial score (nSPS) is 19.1. The molecule has 9 heteroatoms. The number of nitro benzene ring substituents is 1. The molecule has 0 radical (unpaired) electrons. The van der Waals surface area contributed by atoms with Gasteiger partial charge < -0.3 is 10.1 Å². The van der Waals surface area contributed by atoms with Gasteiger partial charge in [0.2, 0.25) is 0 Å². The first-order chi connectivity index (χ1) is 12.8. The van der Waals surface area contributed by atoms with E-state index in [-0.39, 0.29) is 18.8 Å². The van der Waals surface area contributed by atoms with E-state index in [9.17, 15) is 19.7 Å². The minimum absolute atomic E-state index is 0.0553. The van der Waals surface area contributed by atoms with E-state index in [0.29, 0.717) is 16.3 Å². The SMILES string of the molecule is C[C@@]1(c2ccc([N+](=O)[O-])cc2)NC(=O)N(CCOc2cccc(Cl)c2)C1=O. The summed E-state index contributed by atoms with van der Waals surface area (Å²) in [4.78, 5) is 36.4. The molecule has 0 bridgehead atoms. The summed E-state index contributed by atoms with van der Waals surface area (Å²) < 4.78 is 5.53. The van der Waals surface area contributed by atoms with E-state index in [2.05, 4.69) is 5.32 Å². The molecule has 3 rings (SSSR count). The van der Waals surface area contributed by atoms with Crippen LogP contribution in [-0.2, 0) is 10.3 Å². The smallest absolute Gasteiger partial charge is 0.325 e. The molecular weight excluding hydrogens is 374 g/mol. The molecule has 2 aromatic carbocycles.